The molecule has 3 rings (SSSR count). The van der Waals surface area contributed by atoms with Crippen molar-refractivity contribution >= 4 is 40.5 Å². The number of thioether (sulfide) groups is 1. The number of hydrogen-bond donors (Lipinski definition) is 0. The summed E-state index contributed by atoms with van der Waals surface area (Å²) in [7, 11) is 0. The van der Waals surface area contributed by atoms with E-state index >= 15 is 0 Å². The lowest BCUT2D eigenvalue weighted by Gasteiger charge is -2.11. The number of carbonyl (C=O) groups excluding carboxylic acids is 1. The van der Waals surface area contributed by atoms with Crippen molar-refractivity contribution in [3.05, 3.63) is 46.6 Å². The molecular weight excluding hydrogens is 324 g/mol. The fourth-order valence-electron chi connectivity index (χ4n) is 1.83. The second-order valence-electron chi connectivity index (χ2n) is 4.30. The molecule has 1 saturated heterocycles. The smallest absolute Gasteiger partial charge is 0.266 e. The molecule has 0 saturated carbocycles. The van der Waals surface area contributed by atoms with Crippen LogP contribution >= 0.6 is 23.4 Å². The molecule has 9 heteroatoms. The summed E-state index contributed by atoms with van der Waals surface area (Å²) in [5.41, 5.74) is 0.807. The topological polar surface area (TPSA) is 76.3 Å². The molecular formula is C13H11ClN6OS. The van der Waals surface area contributed by atoms with E-state index in [1.165, 1.54) is 29.1 Å². The number of amides is 1. The molecule has 0 aliphatic carbocycles. The van der Waals surface area contributed by atoms with Crippen molar-refractivity contribution in [1.82, 2.24) is 24.8 Å². The summed E-state index contributed by atoms with van der Waals surface area (Å²) in [5, 5.41) is 12.7. The molecule has 0 spiro atoms. The zero-order valence-corrected chi connectivity index (χ0v) is 13.1. The Labute approximate surface area is 135 Å². The van der Waals surface area contributed by atoms with E-state index in [1.54, 1.807) is 29.3 Å². The van der Waals surface area contributed by atoms with Gasteiger partial charge in [-0.1, -0.05) is 17.7 Å². The van der Waals surface area contributed by atoms with E-state index in [-0.39, 0.29) is 5.91 Å². The van der Waals surface area contributed by atoms with Gasteiger partial charge in [0.25, 0.3) is 5.91 Å². The van der Waals surface area contributed by atoms with E-state index in [2.05, 4.69) is 20.3 Å². The first-order valence-corrected chi connectivity index (χ1v) is 7.63. The Morgan fingerprint density at radius 3 is 2.77 bits per heavy atom. The predicted octanol–water partition coefficient (Wildman–Crippen LogP) is 2.08. The molecule has 3 heterocycles. The van der Waals surface area contributed by atoms with Crippen LogP contribution in [0.5, 0.6) is 0 Å². The first kappa shape index (κ1) is 14.7. The van der Waals surface area contributed by atoms with Gasteiger partial charge in [0.2, 0.25) is 0 Å². The SMILES string of the molecule is CCN1C(=O)/C(=C/c2ccc(Cl)nc2)SC1=Nn1cnnc1. The number of pyridine rings is 1. The standard InChI is InChI=1S/C13H11ClN6OS/c1-2-20-12(21)10(5-9-3-4-11(14)15-6-9)22-13(20)18-19-7-16-17-8-19/h3-8H,2H2,1H3/b10-5-,18-13?. The summed E-state index contributed by atoms with van der Waals surface area (Å²) < 4.78 is 1.46. The van der Waals surface area contributed by atoms with E-state index in [0.29, 0.717) is 21.8 Å². The minimum absolute atomic E-state index is 0.0886. The van der Waals surface area contributed by atoms with Gasteiger partial charge in [-0.3, -0.25) is 9.69 Å². The van der Waals surface area contributed by atoms with Crippen LogP contribution in [0.15, 0.2) is 41.0 Å². The second kappa shape index (κ2) is 6.29. The monoisotopic (exact) mass is 334 g/mol. The van der Waals surface area contributed by atoms with Crippen LogP contribution < -0.4 is 0 Å². The van der Waals surface area contributed by atoms with E-state index in [0.717, 1.165) is 5.56 Å². The highest BCUT2D eigenvalue weighted by atomic mass is 35.5. The van der Waals surface area contributed by atoms with Crippen molar-refractivity contribution in [2.75, 3.05) is 6.54 Å². The highest BCUT2D eigenvalue weighted by Crippen LogP contribution is 2.32. The maximum atomic E-state index is 12.4. The lowest BCUT2D eigenvalue weighted by atomic mass is 10.2. The third-order valence-electron chi connectivity index (χ3n) is 2.86. The Kier molecular flexibility index (Phi) is 4.21. The Bertz CT molecular complexity index is 740. The minimum atomic E-state index is -0.0886. The van der Waals surface area contributed by atoms with Crippen molar-refractivity contribution in [3.63, 3.8) is 0 Å². The number of carbonyl (C=O) groups is 1. The molecule has 1 fully saturated rings. The van der Waals surface area contributed by atoms with Crippen LogP contribution in [-0.4, -0.2) is 42.4 Å². The number of likely N-dealkylation sites (N-methyl/N-ethyl adjacent to an activating group) is 1. The predicted molar refractivity (Wildman–Crippen MR) is 85.1 cm³/mol. The second-order valence-corrected chi connectivity index (χ2v) is 5.70. The van der Waals surface area contributed by atoms with Crippen LogP contribution in [0.1, 0.15) is 12.5 Å². The van der Waals surface area contributed by atoms with E-state index in [1.807, 2.05) is 6.92 Å². The van der Waals surface area contributed by atoms with Crippen LogP contribution in [0.2, 0.25) is 5.15 Å². The Morgan fingerprint density at radius 1 is 1.36 bits per heavy atom. The van der Waals surface area contributed by atoms with Gasteiger partial charge in [-0.15, -0.1) is 15.3 Å². The summed E-state index contributed by atoms with van der Waals surface area (Å²) >= 11 is 7.06. The molecule has 0 bridgehead atoms. The van der Waals surface area contributed by atoms with Gasteiger partial charge in [0.1, 0.15) is 17.8 Å². The zero-order chi connectivity index (χ0) is 15.5. The highest BCUT2D eigenvalue weighted by Gasteiger charge is 2.32. The van der Waals surface area contributed by atoms with Crippen molar-refractivity contribution in [3.8, 4) is 0 Å². The maximum absolute atomic E-state index is 12.4. The number of aromatic nitrogens is 4. The fourth-order valence-corrected chi connectivity index (χ4v) is 2.99. The minimum Gasteiger partial charge on any atom is -0.285 e. The lowest BCUT2D eigenvalue weighted by molar-refractivity contribution is -0.122. The van der Waals surface area contributed by atoms with Crippen molar-refractivity contribution in [2.45, 2.75) is 6.92 Å². The van der Waals surface area contributed by atoms with Crippen LogP contribution in [-0.2, 0) is 4.79 Å². The Hall–Kier alpha value is -2.19. The molecule has 112 valence electrons. The van der Waals surface area contributed by atoms with Crippen molar-refractivity contribution < 1.29 is 4.79 Å². The maximum Gasteiger partial charge on any atom is 0.266 e. The molecule has 1 amide bonds. The molecule has 7 nitrogen and oxygen atoms in total. The number of amidine groups is 1. The first-order valence-electron chi connectivity index (χ1n) is 6.44. The third-order valence-corrected chi connectivity index (χ3v) is 4.08. The summed E-state index contributed by atoms with van der Waals surface area (Å²) in [5.74, 6) is -0.0886. The number of nitrogens with zero attached hydrogens (tertiary/aromatic N) is 6. The van der Waals surface area contributed by atoms with Gasteiger partial charge in [-0.25, -0.2) is 9.66 Å². The summed E-state index contributed by atoms with van der Waals surface area (Å²) in [6.45, 7) is 2.43. The van der Waals surface area contributed by atoms with Gasteiger partial charge in [-0.05, 0) is 36.4 Å². The average Bonchev–Trinajstić information content (AvgIpc) is 3.11. The van der Waals surface area contributed by atoms with Gasteiger partial charge in [-0.2, -0.15) is 0 Å². The molecule has 0 radical (unpaired) electrons. The van der Waals surface area contributed by atoms with Crippen LogP contribution in [0.25, 0.3) is 6.08 Å². The highest BCUT2D eigenvalue weighted by molar-refractivity contribution is 8.18. The van der Waals surface area contributed by atoms with E-state index < -0.39 is 0 Å². The molecule has 1 aliphatic rings. The molecule has 0 atom stereocenters. The molecule has 1 aliphatic heterocycles. The van der Waals surface area contributed by atoms with Crippen molar-refractivity contribution in [2.24, 2.45) is 5.10 Å². The number of halogens is 1. The van der Waals surface area contributed by atoms with Gasteiger partial charge >= 0.3 is 0 Å². The van der Waals surface area contributed by atoms with Gasteiger partial charge < -0.3 is 0 Å². The molecule has 2 aromatic rings. The number of rotatable bonds is 3. The quantitative estimate of drug-likeness (QED) is 0.634. The fraction of sp³-hybridized carbons (Fsp3) is 0.154. The molecule has 22 heavy (non-hydrogen) atoms. The van der Waals surface area contributed by atoms with Crippen molar-refractivity contribution in [1.29, 1.82) is 0 Å². The number of hydrogen-bond acceptors (Lipinski definition) is 6. The van der Waals surface area contributed by atoms with Crippen LogP contribution in [0.4, 0.5) is 0 Å². The summed E-state index contributed by atoms with van der Waals surface area (Å²) in [6, 6.07) is 3.49. The molecule has 0 unspecified atom stereocenters. The first-order chi connectivity index (χ1) is 10.7. The summed E-state index contributed by atoms with van der Waals surface area (Å²) in [4.78, 5) is 18.6. The van der Waals surface area contributed by atoms with Crippen LogP contribution in [0, 0.1) is 0 Å². The Morgan fingerprint density at radius 2 is 2.14 bits per heavy atom. The molecule has 0 N–H and O–H groups in total. The average molecular weight is 335 g/mol. The largest absolute Gasteiger partial charge is 0.285 e. The third kappa shape index (κ3) is 3.02. The zero-order valence-electron chi connectivity index (χ0n) is 11.5. The van der Waals surface area contributed by atoms with Gasteiger partial charge in [0.15, 0.2) is 5.17 Å². The Balaban J connectivity index is 1.91. The van der Waals surface area contributed by atoms with Gasteiger partial charge in [0, 0.05) is 12.7 Å². The summed E-state index contributed by atoms with van der Waals surface area (Å²) in [6.07, 6.45) is 6.33. The normalized spacial score (nSPS) is 18.6. The molecule has 2 aromatic heterocycles. The van der Waals surface area contributed by atoms with Gasteiger partial charge in [0.05, 0.1) is 4.91 Å². The van der Waals surface area contributed by atoms with Crippen LogP contribution in [0.3, 0.4) is 0 Å². The van der Waals surface area contributed by atoms with E-state index in [9.17, 15) is 4.79 Å². The van der Waals surface area contributed by atoms with E-state index in [4.69, 9.17) is 11.6 Å². The lowest BCUT2D eigenvalue weighted by Crippen LogP contribution is -2.29. The molecule has 0 aromatic carbocycles.